The zero-order valence-electron chi connectivity index (χ0n) is 55.7. The molecule has 7 aromatic heterocycles. The van der Waals surface area contributed by atoms with Crippen molar-refractivity contribution in [1.82, 2.24) is 18.3 Å². The summed E-state index contributed by atoms with van der Waals surface area (Å²) >= 11 is 0. The minimum atomic E-state index is 0.900. The van der Waals surface area contributed by atoms with Crippen LogP contribution in [0.3, 0.4) is 0 Å². The zero-order chi connectivity index (χ0) is 67.6. The minimum Gasteiger partial charge on any atom is -0.456 e. The lowest BCUT2D eigenvalue weighted by Crippen LogP contribution is -2.09. The maximum atomic E-state index is 6.66. The molecule has 8 nitrogen and oxygen atoms in total. The Morgan fingerprint density at radius 2 is 0.500 bits per heavy atom. The van der Waals surface area contributed by atoms with Gasteiger partial charge in [0.2, 0.25) is 0 Å². The molecule has 0 spiro atoms. The monoisotopic (exact) mass is 1330 g/mol. The third kappa shape index (κ3) is 7.43. The second-order valence-electron chi connectivity index (χ2n) is 27.7. The van der Waals surface area contributed by atoms with Gasteiger partial charge in [0.05, 0.1) is 44.1 Å². The topological polar surface area (TPSA) is 62.4 Å². The quantitative estimate of drug-likeness (QED) is 0.152. The summed E-state index contributed by atoms with van der Waals surface area (Å²) in [6.07, 6.45) is 0. The smallest absolute Gasteiger partial charge is 0.136 e. The summed E-state index contributed by atoms with van der Waals surface area (Å²) in [6.45, 7) is 0. The van der Waals surface area contributed by atoms with Gasteiger partial charge in [-0.15, -0.1) is 0 Å². The molecule has 7 heterocycles. The molecule has 0 aliphatic rings. The molecule has 0 amide bonds. The first-order valence-corrected chi connectivity index (χ1v) is 35.6. The maximum absolute atomic E-state index is 6.66. The van der Waals surface area contributed by atoms with Gasteiger partial charge in [0.25, 0.3) is 0 Å². The number of fused-ring (bicyclic) bond motifs is 5. The molecule has 0 saturated carbocycles. The number of para-hydroxylation sites is 5. The fourth-order valence-electron chi connectivity index (χ4n) is 18.4. The Morgan fingerprint density at radius 1 is 0.183 bits per heavy atom. The van der Waals surface area contributed by atoms with E-state index in [4.69, 9.17) is 13.3 Å². The maximum Gasteiger partial charge on any atom is 0.136 e. The molecule has 0 radical (unpaired) electrons. The average Bonchev–Trinajstić information content (AvgIpc) is 1.52. The van der Waals surface area contributed by atoms with Crippen molar-refractivity contribution in [3.05, 3.63) is 334 Å². The van der Waals surface area contributed by atoms with Gasteiger partial charge in [0.1, 0.15) is 33.5 Å². The first-order chi connectivity index (χ1) is 51.6. The molecule has 18 aromatic carbocycles. The molecule has 25 aromatic rings. The lowest BCUT2D eigenvalue weighted by atomic mass is 9.95. The van der Waals surface area contributed by atoms with Crippen LogP contribution in [0.25, 0.3) is 208 Å². The van der Waals surface area contributed by atoms with Gasteiger partial charge in [-0.3, -0.25) is 0 Å². The van der Waals surface area contributed by atoms with E-state index < -0.39 is 0 Å². The summed E-state index contributed by atoms with van der Waals surface area (Å²) in [5, 5.41) is 22.0. The number of hydrogen-bond donors (Lipinski definition) is 0. The SMILES string of the molecule is c1ccc(-n2c3cccc4c5cccc6oc7ccc8c(c7c65)c5c(c43)c2ccc5n8-c2cccc(-c3cccc4oc5ccccc5c34)c2)cc1.c1ccc(N(c2ccccc2)c2ccc(-n3c4ccc5oc6cccc7c8cccc9c8c8c(c4c5c67)c3ccc8n9-c3ccccc3)cc2)cc1. The van der Waals surface area contributed by atoms with Crippen molar-refractivity contribution in [2.24, 2.45) is 0 Å². The number of aromatic nitrogens is 4. The summed E-state index contributed by atoms with van der Waals surface area (Å²) in [5.74, 6) is 0. The summed E-state index contributed by atoms with van der Waals surface area (Å²) in [5.41, 5.74) is 25.2. The summed E-state index contributed by atoms with van der Waals surface area (Å²) in [6, 6.07) is 120. The Kier molecular flexibility index (Phi) is 11.1. The Hall–Kier alpha value is -14.1. The van der Waals surface area contributed by atoms with Gasteiger partial charge in [-0.2, -0.15) is 0 Å². The van der Waals surface area contributed by atoms with Crippen molar-refractivity contribution in [1.29, 1.82) is 0 Å². The van der Waals surface area contributed by atoms with Crippen molar-refractivity contribution in [3.63, 3.8) is 0 Å². The fraction of sp³-hybridized carbons (Fsp3) is 0. The number of benzene rings is 16. The van der Waals surface area contributed by atoms with Crippen LogP contribution in [0.4, 0.5) is 17.1 Å². The Bertz CT molecular complexity index is 7720. The minimum absolute atomic E-state index is 0.900. The molecule has 0 fully saturated rings. The van der Waals surface area contributed by atoms with E-state index in [0.717, 1.165) is 101 Å². The third-order valence-electron chi connectivity index (χ3n) is 22.4. The van der Waals surface area contributed by atoms with E-state index in [0.29, 0.717) is 0 Å². The van der Waals surface area contributed by atoms with Gasteiger partial charge >= 0.3 is 0 Å². The Balaban J connectivity index is 0.000000124. The Morgan fingerprint density at radius 3 is 1.01 bits per heavy atom. The summed E-state index contributed by atoms with van der Waals surface area (Å²) in [4.78, 5) is 2.31. The highest BCUT2D eigenvalue weighted by molar-refractivity contribution is 6.44. The van der Waals surface area contributed by atoms with E-state index in [-0.39, 0.29) is 0 Å². The van der Waals surface area contributed by atoms with Crippen LogP contribution in [-0.4, -0.2) is 18.3 Å². The number of anilines is 3. The van der Waals surface area contributed by atoms with Gasteiger partial charge < -0.3 is 36.4 Å². The molecule has 0 aliphatic carbocycles. The Labute approximate surface area is 592 Å². The van der Waals surface area contributed by atoms with E-state index in [9.17, 15) is 0 Å². The standard InChI is InChI=1S/C48H29N3O.C48H26N2O2/c1-4-12-30(13-5-1)49(31-14-6-2-7-15-31)33-22-24-34(25-23-33)51-39-27-26-38-45-43-35(18-10-20-37(43)50(38)32-16-8-3-9-17-32)36-19-11-21-41-44(36)48-42(52-41)29-28-40(51)47(48)46(39)45;1-2-11-28(12-3-1)49-34-18-7-16-31-32-17-9-21-40-44(32)48-41(52-40)25-24-37-47(48)46-36(23-22-35(49)45(46)43(31)34)50(37)29-13-6-10-27(26-29)30-15-8-20-39-42(30)33-14-4-5-19-38(33)51-39/h1-29H;1-26H. The third-order valence-corrected chi connectivity index (χ3v) is 22.4. The predicted octanol–water partition coefficient (Wildman–Crippen LogP) is 26.7. The first-order valence-electron chi connectivity index (χ1n) is 35.6. The van der Waals surface area contributed by atoms with Crippen LogP contribution in [0.5, 0.6) is 0 Å². The van der Waals surface area contributed by atoms with Crippen molar-refractivity contribution < 1.29 is 13.3 Å². The highest BCUT2D eigenvalue weighted by atomic mass is 16.3. The first kappa shape index (κ1) is 55.8. The van der Waals surface area contributed by atoms with Crippen molar-refractivity contribution in [2.45, 2.75) is 0 Å². The largest absolute Gasteiger partial charge is 0.456 e. The fourth-order valence-corrected chi connectivity index (χ4v) is 18.4. The van der Waals surface area contributed by atoms with Crippen LogP contribution in [0.1, 0.15) is 0 Å². The van der Waals surface area contributed by atoms with Gasteiger partial charge in [-0.05, 0) is 203 Å². The zero-order valence-corrected chi connectivity index (χ0v) is 55.7. The number of furan rings is 3. The molecule has 8 heteroatoms. The second kappa shape index (κ2) is 20.8. The van der Waals surface area contributed by atoms with Gasteiger partial charge in [-0.25, -0.2) is 0 Å². The van der Waals surface area contributed by atoms with Crippen LogP contribution in [0.15, 0.2) is 347 Å². The lowest BCUT2D eigenvalue weighted by molar-refractivity contribution is 0.668. The van der Waals surface area contributed by atoms with Crippen LogP contribution in [-0.2, 0) is 0 Å². The van der Waals surface area contributed by atoms with Gasteiger partial charge in [0.15, 0.2) is 0 Å². The van der Waals surface area contributed by atoms with Gasteiger partial charge in [0, 0.05) is 115 Å². The van der Waals surface area contributed by atoms with E-state index >= 15 is 0 Å². The number of nitrogens with zero attached hydrogens (tertiary/aromatic N) is 5. The highest BCUT2D eigenvalue weighted by Gasteiger charge is 2.30. The lowest BCUT2D eigenvalue weighted by Gasteiger charge is -2.25. The van der Waals surface area contributed by atoms with Gasteiger partial charge in [-0.1, -0.05) is 164 Å². The normalized spacial score (nSPS) is 12.4. The molecule has 482 valence electrons. The number of rotatable bonds is 8. The molecule has 0 aliphatic heterocycles. The van der Waals surface area contributed by atoms with Crippen LogP contribution in [0.2, 0.25) is 0 Å². The molecular weight excluding hydrogens is 1270 g/mol. The molecule has 0 bridgehead atoms. The second-order valence-corrected chi connectivity index (χ2v) is 27.7. The van der Waals surface area contributed by atoms with Crippen LogP contribution >= 0.6 is 0 Å². The van der Waals surface area contributed by atoms with E-state index in [1.54, 1.807) is 0 Å². The van der Waals surface area contributed by atoms with Crippen molar-refractivity contribution in [2.75, 3.05) is 4.90 Å². The average molecular weight is 1330 g/mol. The van der Waals surface area contributed by atoms with Crippen LogP contribution in [0, 0.1) is 0 Å². The highest BCUT2D eigenvalue weighted by Crippen LogP contribution is 2.54. The molecule has 0 unspecified atom stereocenters. The molecule has 104 heavy (non-hydrogen) atoms. The molecule has 25 rings (SSSR count). The molecular formula is C96H55N5O3. The van der Waals surface area contributed by atoms with E-state index in [2.05, 4.69) is 345 Å². The summed E-state index contributed by atoms with van der Waals surface area (Å²) in [7, 11) is 0. The molecule has 0 atom stereocenters. The van der Waals surface area contributed by atoms with E-state index in [1.165, 1.54) is 125 Å². The molecule has 0 saturated heterocycles. The van der Waals surface area contributed by atoms with Crippen molar-refractivity contribution >= 4 is 192 Å². The summed E-state index contributed by atoms with van der Waals surface area (Å²) < 4.78 is 29.4. The predicted molar refractivity (Wildman–Crippen MR) is 432 cm³/mol. The van der Waals surface area contributed by atoms with Crippen LogP contribution < -0.4 is 4.90 Å². The van der Waals surface area contributed by atoms with Crippen molar-refractivity contribution in [3.8, 4) is 33.9 Å². The number of hydrogen-bond acceptors (Lipinski definition) is 4. The molecule has 0 N–H and O–H groups in total. The van der Waals surface area contributed by atoms with E-state index in [1.807, 2.05) is 12.1 Å².